The molecule has 5 nitrogen and oxygen atoms in total. The number of nitro groups is 1. The van der Waals surface area contributed by atoms with E-state index in [9.17, 15) is 10.1 Å². The maximum absolute atomic E-state index is 10.9. The lowest BCUT2D eigenvalue weighted by Crippen LogP contribution is -2.42. The summed E-state index contributed by atoms with van der Waals surface area (Å²) in [4.78, 5) is 14.3. The number of hydrogen-bond acceptors (Lipinski definition) is 5. The van der Waals surface area contributed by atoms with Crippen LogP contribution in [0.3, 0.4) is 0 Å². The molecule has 1 aliphatic heterocycles. The fourth-order valence-electron chi connectivity index (χ4n) is 3.18. The maximum atomic E-state index is 10.9. The Morgan fingerprint density at radius 3 is 2.95 bits per heavy atom. The van der Waals surface area contributed by atoms with Crippen molar-refractivity contribution in [2.24, 2.45) is 5.92 Å². The topological polar surface area (TPSA) is 58.4 Å². The molecule has 0 aromatic carbocycles. The predicted molar refractivity (Wildman–Crippen MR) is 82.2 cm³/mol. The molecule has 2 rings (SSSR count). The van der Waals surface area contributed by atoms with Crippen LogP contribution in [0.5, 0.6) is 0 Å². The molecule has 2 heterocycles. The van der Waals surface area contributed by atoms with Gasteiger partial charge in [0.2, 0.25) is 0 Å². The first-order chi connectivity index (χ1) is 9.67. The van der Waals surface area contributed by atoms with Gasteiger partial charge in [0.25, 0.3) is 0 Å². The summed E-state index contributed by atoms with van der Waals surface area (Å²) in [6, 6.07) is 3.93. The fraction of sp³-hybridized carbons (Fsp3) is 0.714. The molecule has 1 N–H and O–H groups in total. The van der Waals surface area contributed by atoms with E-state index in [1.807, 2.05) is 13.1 Å². The van der Waals surface area contributed by atoms with Gasteiger partial charge in [-0.15, -0.1) is 0 Å². The molecule has 0 spiro atoms. The Hall–Kier alpha value is -0.980. The van der Waals surface area contributed by atoms with Crippen LogP contribution in [0.4, 0.5) is 5.00 Å². The second kappa shape index (κ2) is 7.15. The standard InChI is InChI=1S/C14H23N3O2S/c1-3-8-16-9-4-5-11(10-15-2)14(16)12-6-7-13(20-12)17(18)19/h6-7,11,14-15H,3-5,8-10H2,1-2H3. The number of hydrogen-bond donors (Lipinski definition) is 1. The van der Waals surface area contributed by atoms with Gasteiger partial charge in [0.15, 0.2) is 0 Å². The van der Waals surface area contributed by atoms with Crippen LogP contribution in [-0.4, -0.2) is 36.5 Å². The van der Waals surface area contributed by atoms with Crippen molar-refractivity contribution in [1.29, 1.82) is 0 Å². The van der Waals surface area contributed by atoms with Crippen LogP contribution < -0.4 is 5.32 Å². The molecule has 112 valence electrons. The quantitative estimate of drug-likeness (QED) is 0.647. The van der Waals surface area contributed by atoms with Crippen molar-refractivity contribution in [3.05, 3.63) is 27.1 Å². The molecule has 0 radical (unpaired) electrons. The van der Waals surface area contributed by atoms with E-state index in [1.165, 1.54) is 24.2 Å². The molecule has 2 atom stereocenters. The summed E-state index contributed by atoms with van der Waals surface area (Å²) in [5, 5.41) is 14.4. The minimum Gasteiger partial charge on any atom is -0.319 e. The highest BCUT2D eigenvalue weighted by Gasteiger charge is 2.33. The SMILES string of the molecule is CCCN1CCCC(CNC)C1c1ccc([N+](=O)[O-])s1. The van der Waals surface area contributed by atoms with Crippen molar-refractivity contribution in [3.8, 4) is 0 Å². The highest BCUT2D eigenvalue weighted by atomic mass is 32.1. The zero-order chi connectivity index (χ0) is 14.5. The maximum Gasteiger partial charge on any atom is 0.324 e. The highest BCUT2D eigenvalue weighted by Crippen LogP contribution is 2.40. The predicted octanol–water partition coefficient (Wildman–Crippen LogP) is 3.04. The first-order valence-electron chi connectivity index (χ1n) is 7.30. The Morgan fingerprint density at radius 1 is 1.55 bits per heavy atom. The Labute approximate surface area is 124 Å². The number of nitrogens with one attached hydrogen (secondary N) is 1. The zero-order valence-corrected chi connectivity index (χ0v) is 13.0. The lowest BCUT2D eigenvalue weighted by atomic mass is 9.88. The van der Waals surface area contributed by atoms with Crippen LogP contribution >= 0.6 is 11.3 Å². The Morgan fingerprint density at radius 2 is 2.35 bits per heavy atom. The van der Waals surface area contributed by atoms with Crippen molar-refractivity contribution < 1.29 is 4.92 Å². The Bertz CT molecular complexity index is 431. The molecule has 1 saturated heterocycles. The third-order valence-electron chi connectivity index (χ3n) is 3.92. The molecule has 0 aliphatic carbocycles. The summed E-state index contributed by atoms with van der Waals surface area (Å²) in [7, 11) is 1.98. The second-order valence-corrected chi connectivity index (χ2v) is 6.47. The molecule has 6 heteroatoms. The van der Waals surface area contributed by atoms with E-state index in [4.69, 9.17) is 0 Å². The molecule has 1 fully saturated rings. The smallest absolute Gasteiger partial charge is 0.319 e. The molecule has 1 aromatic rings. The van der Waals surface area contributed by atoms with E-state index in [2.05, 4.69) is 17.1 Å². The van der Waals surface area contributed by atoms with Gasteiger partial charge in [0, 0.05) is 17.0 Å². The number of likely N-dealkylation sites (tertiary alicyclic amines) is 1. The van der Waals surface area contributed by atoms with Gasteiger partial charge in [-0.2, -0.15) is 0 Å². The van der Waals surface area contributed by atoms with Gasteiger partial charge in [-0.25, -0.2) is 0 Å². The molecular weight excluding hydrogens is 274 g/mol. The number of thiophene rings is 1. The summed E-state index contributed by atoms with van der Waals surface area (Å²) in [5.41, 5.74) is 0. The van der Waals surface area contributed by atoms with Gasteiger partial charge >= 0.3 is 5.00 Å². The van der Waals surface area contributed by atoms with Crippen LogP contribution in [0.15, 0.2) is 12.1 Å². The van der Waals surface area contributed by atoms with Crippen molar-refractivity contribution >= 4 is 16.3 Å². The van der Waals surface area contributed by atoms with Crippen molar-refractivity contribution in [2.75, 3.05) is 26.7 Å². The van der Waals surface area contributed by atoms with Gasteiger partial charge in [0.05, 0.1) is 4.92 Å². The average Bonchev–Trinajstić information content (AvgIpc) is 2.89. The molecule has 0 bridgehead atoms. The molecule has 0 amide bonds. The van der Waals surface area contributed by atoms with E-state index in [-0.39, 0.29) is 9.92 Å². The van der Waals surface area contributed by atoms with Crippen LogP contribution in [0.2, 0.25) is 0 Å². The largest absolute Gasteiger partial charge is 0.324 e. The lowest BCUT2D eigenvalue weighted by molar-refractivity contribution is -0.380. The van der Waals surface area contributed by atoms with E-state index in [1.54, 1.807) is 6.07 Å². The van der Waals surface area contributed by atoms with Gasteiger partial charge < -0.3 is 5.32 Å². The van der Waals surface area contributed by atoms with Gasteiger partial charge in [-0.05, 0) is 57.9 Å². The molecule has 1 aromatic heterocycles. The van der Waals surface area contributed by atoms with Crippen LogP contribution in [0.25, 0.3) is 0 Å². The minimum atomic E-state index is -0.284. The third kappa shape index (κ3) is 3.37. The lowest BCUT2D eigenvalue weighted by Gasteiger charge is -2.41. The first-order valence-corrected chi connectivity index (χ1v) is 8.11. The molecule has 2 unspecified atom stereocenters. The summed E-state index contributed by atoms with van der Waals surface area (Å²) < 4.78 is 0. The van der Waals surface area contributed by atoms with E-state index < -0.39 is 0 Å². The average molecular weight is 297 g/mol. The highest BCUT2D eigenvalue weighted by molar-refractivity contribution is 7.15. The van der Waals surface area contributed by atoms with E-state index >= 15 is 0 Å². The molecular formula is C14H23N3O2S. The summed E-state index contributed by atoms with van der Waals surface area (Å²) >= 11 is 1.34. The molecule has 1 aliphatic rings. The fourth-order valence-corrected chi connectivity index (χ4v) is 4.23. The van der Waals surface area contributed by atoms with Gasteiger partial charge in [-0.1, -0.05) is 18.3 Å². The van der Waals surface area contributed by atoms with E-state index in [0.29, 0.717) is 12.0 Å². The zero-order valence-electron chi connectivity index (χ0n) is 12.2. The first kappa shape index (κ1) is 15.4. The monoisotopic (exact) mass is 297 g/mol. The van der Waals surface area contributed by atoms with Crippen molar-refractivity contribution in [2.45, 2.75) is 32.2 Å². The minimum absolute atomic E-state index is 0.255. The Balaban J connectivity index is 2.24. The normalized spacial score (nSPS) is 23.9. The second-order valence-electron chi connectivity index (χ2n) is 5.37. The van der Waals surface area contributed by atoms with Crippen LogP contribution in [0.1, 0.15) is 37.1 Å². The summed E-state index contributed by atoms with van der Waals surface area (Å²) in [5.74, 6) is 0.540. The van der Waals surface area contributed by atoms with Crippen LogP contribution in [0, 0.1) is 16.0 Å². The molecule has 0 saturated carbocycles. The van der Waals surface area contributed by atoms with Crippen molar-refractivity contribution in [1.82, 2.24) is 10.2 Å². The van der Waals surface area contributed by atoms with Gasteiger partial charge in [0.1, 0.15) is 0 Å². The molecule has 20 heavy (non-hydrogen) atoms. The van der Waals surface area contributed by atoms with Crippen molar-refractivity contribution in [3.63, 3.8) is 0 Å². The number of nitrogens with zero attached hydrogens (tertiary/aromatic N) is 2. The van der Waals surface area contributed by atoms with Gasteiger partial charge in [-0.3, -0.25) is 15.0 Å². The number of piperidine rings is 1. The number of rotatable bonds is 6. The Kier molecular flexibility index (Phi) is 5.51. The third-order valence-corrected chi connectivity index (χ3v) is 5.03. The van der Waals surface area contributed by atoms with Crippen LogP contribution in [-0.2, 0) is 0 Å². The summed E-state index contributed by atoms with van der Waals surface area (Å²) in [6.07, 6.45) is 3.53. The summed E-state index contributed by atoms with van der Waals surface area (Å²) in [6.45, 7) is 5.33. The van der Waals surface area contributed by atoms with E-state index in [0.717, 1.165) is 30.9 Å².